The van der Waals surface area contributed by atoms with E-state index in [0.29, 0.717) is 0 Å². The molecule has 0 saturated carbocycles. The topological polar surface area (TPSA) is 75.4 Å². The van der Waals surface area contributed by atoms with E-state index in [2.05, 4.69) is 5.32 Å². The predicted molar refractivity (Wildman–Crippen MR) is 68.3 cm³/mol. The second kappa shape index (κ2) is 7.27. The van der Waals surface area contributed by atoms with Crippen LogP contribution in [0, 0.1) is 5.92 Å². The molecule has 1 unspecified atom stereocenters. The molecule has 0 bridgehead atoms. The van der Waals surface area contributed by atoms with Crippen molar-refractivity contribution in [1.82, 2.24) is 10.2 Å². The molecule has 0 aromatic carbocycles. The van der Waals surface area contributed by atoms with Gasteiger partial charge in [-0.1, -0.05) is 20.8 Å². The van der Waals surface area contributed by atoms with E-state index in [0.717, 1.165) is 6.42 Å². The molecule has 0 aromatic heterocycles. The maximum absolute atomic E-state index is 11.7. The van der Waals surface area contributed by atoms with Gasteiger partial charge in [-0.15, -0.1) is 0 Å². The van der Waals surface area contributed by atoms with Gasteiger partial charge in [0.05, 0.1) is 12.6 Å². The summed E-state index contributed by atoms with van der Waals surface area (Å²) in [6, 6.07) is -0.380. The standard InChI is InChI=1S/C12H25N3O2/c1-6-9(4)15(5)10(16)7-14-12(17)11(13)8(2)3/h8-9,11H,6-7,13H2,1-5H3,(H,14,17)/t9?,11-/m0/s1. The van der Waals surface area contributed by atoms with Crippen LogP contribution in [-0.4, -0.2) is 42.4 Å². The molecule has 0 fully saturated rings. The summed E-state index contributed by atoms with van der Waals surface area (Å²) < 4.78 is 0. The van der Waals surface area contributed by atoms with E-state index in [1.54, 1.807) is 11.9 Å². The molecule has 17 heavy (non-hydrogen) atoms. The number of carbonyl (C=O) groups excluding carboxylic acids is 2. The highest BCUT2D eigenvalue weighted by atomic mass is 16.2. The molecule has 0 aliphatic heterocycles. The third kappa shape index (κ3) is 5.17. The number of rotatable bonds is 6. The van der Waals surface area contributed by atoms with Gasteiger partial charge in [-0.3, -0.25) is 9.59 Å². The van der Waals surface area contributed by atoms with Gasteiger partial charge in [-0.2, -0.15) is 0 Å². The highest BCUT2D eigenvalue weighted by Gasteiger charge is 2.19. The number of nitrogens with zero attached hydrogens (tertiary/aromatic N) is 1. The number of nitrogens with one attached hydrogen (secondary N) is 1. The van der Waals surface area contributed by atoms with E-state index >= 15 is 0 Å². The van der Waals surface area contributed by atoms with Gasteiger partial charge >= 0.3 is 0 Å². The molecule has 0 radical (unpaired) electrons. The maximum atomic E-state index is 11.7. The van der Waals surface area contributed by atoms with Gasteiger partial charge in [0.15, 0.2) is 0 Å². The summed E-state index contributed by atoms with van der Waals surface area (Å²) in [7, 11) is 1.74. The lowest BCUT2D eigenvalue weighted by Crippen LogP contribution is -2.48. The Bertz CT molecular complexity index is 266. The first kappa shape index (κ1) is 15.9. The van der Waals surface area contributed by atoms with E-state index in [1.165, 1.54) is 0 Å². The van der Waals surface area contributed by atoms with Gasteiger partial charge in [-0.25, -0.2) is 0 Å². The minimum atomic E-state index is -0.559. The van der Waals surface area contributed by atoms with Crippen molar-refractivity contribution < 1.29 is 9.59 Å². The molecule has 5 nitrogen and oxygen atoms in total. The Morgan fingerprint density at radius 3 is 2.24 bits per heavy atom. The van der Waals surface area contributed by atoms with Gasteiger partial charge in [0.25, 0.3) is 0 Å². The average Bonchev–Trinajstić information content (AvgIpc) is 2.32. The molecule has 2 amide bonds. The van der Waals surface area contributed by atoms with Crippen LogP contribution in [0.2, 0.25) is 0 Å². The van der Waals surface area contributed by atoms with Crippen molar-refractivity contribution in [2.24, 2.45) is 11.7 Å². The van der Waals surface area contributed by atoms with Gasteiger partial charge in [0.2, 0.25) is 11.8 Å². The quantitative estimate of drug-likeness (QED) is 0.706. The number of hydrogen-bond acceptors (Lipinski definition) is 3. The summed E-state index contributed by atoms with van der Waals surface area (Å²) in [6.07, 6.45) is 0.891. The summed E-state index contributed by atoms with van der Waals surface area (Å²) in [6.45, 7) is 7.75. The Morgan fingerprint density at radius 2 is 1.82 bits per heavy atom. The molecule has 5 heteroatoms. The van der Waals surface area contributed by atoms with Crippen LogP contribution in [0.5, 0.6) is 0 Å². The van der Waals surface area contributed by atoms with E-state index in [9.17, 15) is 9.59 Å². The summed E-state index contributed by atoms with van der Waals surface area (Å²) >= 11 is 0. The van der Waals surface area contributed by atoms with Crippen LogP contribution in [-0.2, 0) is 9.59 Å². The van der Waals surface area contributed by atoms with Crippen molar-refractivity contribution in [1.29, 1.82) is 0 Å². The first-order valence-corrected chi connectivity index (χ1v) is 6.10. The minimum absolute atomic E-state index is 0.0140. The Labute approximate surface area is 104 Å². The van der Waals surface area contributed by atoms with Crippen molar-refractivity contribution in [3.8, 4) is 0 Å². The monoisotopic (exact) mass is 243 g/mol. The normalized spacial score (nSPS) is 14.3. The van der Waals surface area contributed by atoms with Crippen molar-refractivity contribution in [2.75, 3.05) is 13.6 Å². The summed E-state index contributed by atoms with van der Waals surface area (Å²) in [5, 5.41) is 2.57. The Balaban J connectivity index is 4.12. The van der Waals surface area contributed by atoms with E-state index in [4.69, 9.17) is 5.73 Å². The van der Waals surface area contributed by atoms with Gasteiger partial charge in [0, 0.05) is 13.1 Å². The number of amides is 2. The highest BCUT2D eigenvalue weighted by molar-refractivity contribution is 5.87. The molecule has 0 rings (SSSR count). The van der Waals surface area contributed by atoms with Crippen LogP contribution in [0.25, 0.3) is 0 Å². The molecule has 2 atom stereocenters. The van der Waals surface area contributed by atoms with Crippen molar-refractivity contribution >= 4 is 11.8 Å². The average molecular weight is 243 g/mol. The number of carbonyl (C=O) groups is 2. The first-order chi connectivity index (χ1) is 7.81. The zero-order valence-corrected chi connectivity index (χ0v) is 11.5. The van der Waals surface area contributed by atoms with Gasteiger partial charge < -0.3 is 16.0 Å². The second-order valence-electron chi connectivity index (χ2n) is 4.75. The van der Waals surface area contributed by atoms with E-state index in [-0.39, 0.29) is 30.3 Å². The molecule has 0 aliphatic rings. The summed E-state index contributed by atoms with van der Waals surface area (Å²) in [5.41, 5.74) is 5.67. The molecule has 0 heterocycles. The third-order valence-corrected chi connectivity index (χ3v) is 3.08. The van der Waals surface area contributed by atoms with Crippen molar-refractivity contribution in [3.05, 3.63) is 0 Å². The Hall–Kier alpha value is -1.10. The van der Waals surface area contributed by atoms with Gasteiger partial charge in [-0.05, 0) is 19.3 Å². The third-order valence-electron chi connectivity index (χ3n) is 3.08. The van der Waals surface area contributed by atoms with E-state index < -0.39 is 6.04 Å². The zero-order chi connectivity index (χ0) is 13.6. The largest absolute Gasteiger partial charge is 0.346 e. The SMILES string of the molecule is CCC(C)N(C)C(=O)CNC(=O)[C@@H](N)C(C)C. The van der Waals surface area contributed by atoms with Crippen LogP contribution in [0.4, 0.5) is 0 Å². The minimum Gasteiger partial charge on any atom is -0.346 e. The molecular weight excluding hydrogens is 218 g/mol. The lowest BCUT2D eigenvalue weighted by atomic mass is 10.1. The number of hydrogen-bond donors (Lipinski definition) is 2. The molecule has 100 valence electrons. The number of likely N-dealkylation sites (N-methyl/N-ethyl adjacent to an activating group) is 1. The second-order valence-corrected chi connectivity index (χ2v) is 4.75. The highest BCUT2D eigenvalue weighted by Crippen LogP contribution is 2.00. The van der Waals surface area contributed by atoms with Crippen LogP contribution in [0.15, 0.2) is 0 Å². The maximum Gasteiger partial charge on any atom is 0.241 e. The summed E-state index contributed by atoms with van der Waals surface area (Å²) in [4.78, 5) is 24.9. The molecule has 0 spiro atoms. The molecule has 0 saturated heterocycles. The molecule has 0 aromatic rings. The Kier molecular flexibility index (Phi) is 6.80. The van der Waals surface area contributed by atoms with E-state index in [1.807, 2.05) is 27.7 Å². The summed E-state index contributed by atoms with van der Waals surface area (Å²) in [5.74, 6) is -0.299. The van der Waals surface area contributed by atoms with Crippen molar-refractivity contribution in [3.63, 3.8) is 0 Å². The smallest absolute Gasteiger partial charge is 0.241 e. The predicted octanol–water partition coefficient (Wildman–Crippen LogP) is 0.343. The lowest BCUT2D eigenvalue weighted by molar-refractivity contribution is -0.133. The fraction of sp³-hybridized carbons (Fsp3) is 0.833. The molecule has 3 N–H and O–H groups in total. The van der Waals surface area contributed by atoms with Crippen LogP contribution in [0.3, 0.4) is 0 Å². The fourth-order valence-corrected chi connectivity index (χ4v) is 1.23. The zero-order valence-electron chi connectivity index (χ0n) is 11.5. The van der Waals surface area contributed by atoms with Gasteiger partial charge in [0.1, 0.15) is 0 Å². The fourth-order valence-electron chi connectivity index (χ4n) is 1.23. The first-order valence-electron chi connectivity index (χ1n) is 6.10. The Morgan fingerprint density at radius 1 is 1.29 bits per heavy atom. The molecule has 0 aliphatic carbocycles. The van der Waals surface area contributed by atoms with Crippen LogP contribution < -0.4 is 11.1 Å². The number of nitrogens with two attached hydrogens (primary N) is 1. The lowest BCUT2D eigenvalue weighted by Gasteiger charge is -2.24. The molecular formula is C12H25N3O2. The van der Waals surface area contributed by atoms with Crippen molar-refractivity contribution in [2.45, 2.75) is 46.2 Å². The van der Waals surface area contributed by atoms with Crippen LogP contribution in [0.1, 0.15) is 34.1 Å². The van der Waals surface area contributed by atoms with Crippen LogP contribution >= 0.6 is 0 Å².